The summed E-state index contributed by atoms with van der Waals surface area (Å²) >= 11 is 0. The van der Waals surface area contributed by atoms with E-state index in [1.54, 1.807) is 0 Å². The second-order valence-corrected chi connectivity index (χ2v) is 36.0. The van der Waals surface area contributed by atoms with Crippen molar-refractivity contribution < 1.29 is 0 Å². The topological polar surface area (TPSA) is 19.7 Å². The van der Waals surface area contributed by atoms with Crippen LogP contribution in [0.15, 0.2) is 510 Å². The fourth-order valence-corrected chi connectivity index (χ4v) is 23.5. The highest BCUT2D eigenvalue weighted by molar-refractivity contribution is 6.21. The van der Waals surface area contributed by atoms with E-state index in [2.05, 4.69) is 528 Å². The Hall–Kier alpha value is -17.4. The summed E-state index contributed by atoms with van der Waals surface area (Å²) < 4.78 is 9.90. The van der Waals surface area contributed by atoms with Gasteiger partial charge in [0.15, 0.2) is 0 Å². The van der Waals surface area contributed by atoms with Crippen LogP contribution in [0.3, 0.4) is 0 Å². The molecule has 0 bridgehead atoms. The van der Waals surface area contributed by atoms with E-state index < -0.39 is 10.8 Å². The zero-order valence-corrected chi connectivity index (χ0v) is 73.3. The largest absolute Gasteiger partial charge is 0.309 e. The summed E-state index contributed by atoms with van der Waals surface area (Å²) in [5.41, 5.74) is 38.1. The molecule has 0 spiro atoms. The van der Waals surface area contributed by atoms with Crippen molar-refractivity contribution in [2.45, 2.75) is 10.8 Å². The highest BCUT2D eigenvalue weighted by atomic mass is 15.0. The van der Waals surface area contributed by atoms with Gasteiger partial charge in [0, 0.05) is 65.2 Å². The number of hydrogen-bond acceptors (Lipinski definition) is 0. The maximum absolute atomic E-state index is 2.51. The molecule has 4 aromatic heterocycles. The van der Waals surface area contributed by atoms with Crippen molar-refractivity contribution in [2.75, 3.05) is 0 Å². The standard InChI is InChI=1S/2C65H42N2/c1-4-18-43(19-5-1)45-22-16-27-50(40-45)66-61-38-35-47(46-34-37-60-54(41-46)52-29-13-15-32-59(52)67(60)58-33-17-21-44-20-10-11-28-51(44)58)42-55(61)64-62(66)39-36-57-63(64)53-30-12-14-31-56(53)65(57,48-23-6-2-7-24-48)49-25-8-3-9-26-49;1-4-18-43(19-5-1)45-22-16-27-50(40-45)66-61-38-35-47(46-34-37-60-55(41-46)53-30-13-15-32-59(53)67(60)58-33-17-21-44-20-10-11-28-51(44)58)42-56(61)63-62(66)39-36-54-52-29-12-14-31-57(52)65(64(54)63,48-23-6-2-7-24-48)49-25-8-3-9-26-49/h2*1-42H. The zero-order valence-electron chi connectivity index (χ0n) is 73.3. The Labute approximate surface area is 776 Å². The molecular formula is C130H84N4. The molecule has 0 atom stereocenters. The summed E-state index contributed by atoms with van der Waals surface area (Å²) in [6, 6.07) is 189. The summed E-state index contributed by atoms with van der Waals surface area (Å²) in [6.07, 6.45) is 0. The monoisotopic (exact) mass is 1700 g/mol. The zero-order chi connectivity index (χ0) is 88.1. The lowest BCUT2D eigenvalue weighted by molar-refractivity contribution is 0.769. The number of benzene rings is 22. The predicted molar refractivity (Wildman–Crippen MR) is 562 cm³/mol. The number of nitrogens with zero attached hydrogens (tertiary/aromatic N) is 4. The predicted octanol–water partition coefficient (Wildman–Crippen LogP) is 33.5. The molecule has 0 unspecified atom stereocenters. The summed E-state index contributed by atoms with van der Waals surface area (Å²) in [6.45, 7) is 0. The molecule has 4 heteroatoms. The Bertz CT molecular complexity index is 9140. The van der Waals surface area contributed by atoms with Crippen LogP contribution in [0.5, 0.6) is 0 Å². The number of hydrogen-bond donors (Lipinski definition) is 0. The molecule has 26 aromatic rings. The van der Waals surface area contributed by atoms with Gasteiger partial charge in [0.25, 0.3) is 0 Å². The van der Waals surface area contributed by atoms with E-state index in [9.17, 15) is 0 Å². The second-order valence-electron chi connectivity index (χ2n) is 36.0. The smallest absolute Gasteiger partial charge is 0.0720 e. The van der Waals surface area contributed by atoms with Crippen LogP contribution in [0.25, 0.3) is 198 Å². The Kier molecular flexibility index (Phi) is 17.5. The quantitative estimate of drug-likeness (QED) is 0.116. The number of fused-ring (bicyclic) bond motifs is 22. The molecule has 22 aromatic carbocycles. The molecule has 0 radical (unpaired) electrons. The molecule has 2 aliphatic rings. The fourth-order valence-electron chi connectivity index (χ4n) is 23.5. The molecule has 0 saturated carbocycles. The van der Waals surface area contributed by atoms with E-state index in [0.717, 1.165) is 11.4 Å². The van der Waals surface area contributed by atoms with Crippen LogP contribution in [0, 0.1) is 0 Å². The average molecular weight is 1700 g/mol. The summed E-state index contributed by atoms with van der Waals surface area (Å²) in [5.74, 6) is 0. The lowest BCUT2D eigenvalue weighted by Crippen LogP contribution is -2.28. The van der Waals surface area contributed by atoms with Crippen LogP contribution >= 0.6 is 0 Å². The molecule has 0 fully saturated rings. The summed E-state index contributed by atoms with van der Waals surface area (Å²) in [7, 11) is 0. The Morgan fingerprint density at radius 2 is 0.478 bits per heavy atom. The molecule has 0 saturated heterocycles. The molecule has 0 aliphatic heterocycles. The van der Waals surface area contributed by atoms with E-state index in [-0.39, 0.29) is 0 Å². The first-order valence-electron chi connectivity index (χ1n) is 46.5. The molecule has 2 aliphatic carbocycles. The van der Waals surface area contributed by atoms with Gasteiger partial charge >= 0.3 is 0 Å². The first kappa shape index (κ1) is 76.6. The molecule has 4 heterocycles. The highest BCUT2D eigenvalue weighted by Crippen LogP contribution is 2.62. The molecule has 28 rings (SSSR count). The van der Waals surface area contributed by atoms with E-state index in [1.807, 2.05) is 0 Å². The van der Waals surface area contributed by atoms with Gasteiger partial charge in [-0.05, 0) is 231 Å². The molecular weight excluding hydrogens is 1620 g/mol. The van der Waals surface area contributed by atoms with Crippen molar-refractivity contribution in [3.05, 3.63) is 554 Å². The van der Waals surface area contributed by atoms with E-state index in [4.69, 9.17) is 0 Å². The van der Waals surface area contributed by atoms with Crippen LogP contribution in [0.2, 0.25) is 0 Å². The van der Waals surface area contributed by atoms with E-state index in [1.165, 1.54) is 231 Å². The third kappa shape index (κ3) is 11.5. The van der Waals surface area contributed by atoms with Crippen molar-refractivity contribution >= 4 is 109 Å². The van der Waals surface area contributed by atoms with Crippen molar-refractivity contribution in [2.24, 2.45) is 0 Å². The van der Waals surface area contributed by atoms with Gasteiger partial charge < -0.3 is 18.3 Å². The van der Waals surface area contributed by atoms with Gasteiger partial charge in [0.1, 0.15) is 0 Å². The molecule has 0 amide bonds. The number of rotatable bonds is 12. The van der Waals surface area contributed by atoms with Gasteiger partial charge in [0.05, 0.1) is 66.3 Å². The normalized spacial score (nSPS) is 12.9. The van der Waals surface area contributed by atoms with Crippen molar-refractivity contribution in [1.82, 2.24) is 18.3 Å². The SMILES string of the molecule is c1ccc(-c2cccc(-n3c4ccc(-c5ccc6c(c5)c5ccccc5n6-c5cccc6ccccc56)cc4c4c5c(ccc43)-c3ccccc3C5(c3ccccc3)c3ccccc3)c2)cc1.c1ccc(-c2cccc(-n3c4ccc(-c5ccc6c(c5)c5ccccc5n6-c5cccc6ccccc56)cc4c4c5c(ccc43)C(c3ccccc3)(c3ccccc3)c3ccccc3-5)c2)cc1. The maximum atomic E-state index is 2.51. The van der Waals surface area contributed by atoms with Gasteiger partial charge in [-0.25, -0.2) is 0 Å². The lowest BCUT2D eigenvalue weighted by atomic mass is 9.67. The minimum Gasteiger partial charge on any atom is -0.309 e. The first-order chi connectivity index (χ1) is 66.5. The molecule has 0 N–H and O–H groups in total. The fraction of sp³-hybridized carbons (Fsp3) is 0.0154. The molecule has 134 heavy (non-hydrogen) atoms. The van der Waals surface area contributed by atoms with Gasteiger partial charge in [0.2, 0.25) is 0 Å². The summed E-state index contributed by atoms with van der Waals surface area (Å²) in [5, 5.41) is 14.9. The molecule has 624 valence electrons. The lowest BCUT2D eigenvalue weighted by Gasteiger charge is -2.34. The van der Waals surface area contributed by atoms with Gasteiger partial charge in [-0.15, -0.1) is 0 Å². The minimum absolute atomic E-state index is 0.509. The van der Waals surface area contributed by atoms with Crippen molar-refractivity contribution in [1.29, 1.82) is 0 Å². The Balaban J connectivity index is 0.000000136. The second kappa shape index (κ2) is 30.6. The van der Waals surface area contributed by atoms with Crippen molar-refractivity contribution in [3.8, 4) is 89.5 Å². The average Bonchev–Trinajstić information content (AvgIpc) is 1.52. The van der Waals surface area contributed by atoms with Gasteiger partial charge in [-0.1, -0.05) is 400 Å². The third-order valence-corrected chi connectivity index (χ3v) is 29.1. The van der Waals surface area contributed by atoms with E-state index in [0.29, 0.717) is 0 Å². The van der Waals surface area contributed by atoms with Crippen LogP contribution in [0.1, 0.15) is 44.5 Å². The number of aromatic nitrogens is 4. The van der Waals surface area contributed by atoms with E-state index >= 15 is 0 Å². The first-order valence-corrected chi connectivity index (χ1v) is 46.5. The minimum atomic E-state index is -0.572. The summed E-state index contributed by atoms with van der Waals surface area (Å²) in [4.78, 5) is 0. The van der Waals surface area contributed by atoms with Crippen LogP contribution in [0.4, 0.5) is 0 Å². The Morgan fingerprint density at radius 1 is 0.157 bits per heavy atom. The highest BCUT2D eigenvalue weighted by Gasteiger charge is 2.50. The Morgan fingerprint density at radius 3 is 0.955 bits per heavy atom. The van der Waals surface area contributed by atoms with Crippen LogP contribution in [-0.2, 0) is 10.8 Å². The maximum Gasteiger partial charge on any atom is 0.0720 e. The molecule has 4 nitrogen and oxygen atoms in total. The number of para-hydroxylation sites is 2. The van der Waals surface area contributed by atoms with Gasteiger partial charge in [-0.2, -0.15) is 0 Å². The van der Waals surface area contributed by atoms with Crippen molar-refractivity contribution in [3.63, 3.8) is 0 Å². The van der Waals surface area contributed by atoms with Gasteiger partial charge in [-0.3, -0.25) is 0 Å². The van der Waals surface area contributed by atoms with Crippen LogP contribution in [-0.4, -0.2) is 18.3 Å². The third-order valence-electron chi connectivity index (χ3n) is 29.1. The van der Waals surface area contributed by atoms with Crippen LogP contribution < -0.4 is 0 Å².